The third-order valence-corrected chi connectivity index (χ3v) is 3.71. The third kappa shape index (κ3) is 4.98. The van der Waals surface area contributed by atoms with Crippen molar-refractivity contribution in [3.05, 3.63) is 35.9 Å². The number of rotatable bonds is 4. The minimum Gasteiger partial charge on any atom is -0.351 e. The number of halogens is 3. The lowest BCUT2D eigenvalue weighted by atomic mass is 10.1. The van der Waals surface area contributed by atoms with E-state index < -0.39 is 5.82 Å². The summed E-state index contributed by atoms with van der Waals surface area (Å²) in [6.07, 6.45) is 2.98. The van der Waals surface area contributed by atoms with Crippen LogP contribution < -0.4 is 10.6 Å². The zero-order chi connectivity index (χ0) is 15.4. The molecule has 0 atom stereocenters. The smallest absolute Gasteiger partial charge is 0.253 e. The van der Waals surface area contributed by atoms with Gasteiger partial charge < -0.3 is 10.6 Å². The topological polar surface area (TPSA) is 70.2 Å². The van der Waals surface area contributed by atoms with Crippen molar-refractivity contribution in [2.45, 2.75) is 0 Å². The van der Waals surface area contributed by atoms with Gasteiger partial charge in [0.25, 0.3) is 5.91 Å². The van der Waals surface area contributed by atoms with Gasteiger partial charge in [-0.15, -0.1) is 24.8 Å². The van der Waals surface area contributed by atoms with Crippen molar-refractivity contribution in [2.24, 2.45) is 0 Å². The number of nitrogens with one attached hydrogen (secondary N) is 2. The Hall–Kier alpha value is -1.54. The predicted molar refractivity (Wildman–Crippen MR) is 95.6 cm³/mol. The van der Waals surface area contributed by atoms with Gasteiger partial charge in [-0.25, -0.2) is 4.39 Å². The largest absolute Gasteiger partial charge is 0.351 e. The third-order valence-electron chi connectivity index (χ3n) is 3.71. The van der Waals surface area contributed by atoms with Gasteiger partial charge in [0.15, 0.2) is 0 Å². The fraction of sp³-hybridized carbons (Fsp3) is 0.400. The van der Waals surface area contributed by atoms with E-state index in [1.54, 1.807) is 0 Å². The van der Waals surface area contributed by atoms with Crippen molar-refractivity contribution < 1.29 is 9.18 Å². The van der Waals surface area contributed by atoms with Gasteiger partial charge >= 0.3 is 0 Å². The summed E-state index contributed by atoms with van der Waals surface area (Å²) in [5, 5.41) is 6.11. The van der Waals surface area contributed by atoms with E-state index in [-0.39, 0.29) is 36.3 Å². The van der Waals surface area contributed by atoms with Crippen molar-refractivity contribution in [3.8, 4) is 0 Å². The Morgan fingerprint density at radius 2 is 1.92 bits per heavy atom. The van der Waals surface area contributed by atoms with E-state index in [0.717, 1.165) is 32.7 Å². The van der Waals surface area contributed by atoms with Crippen molar-refractivity contribution in [2.75, 3.05) is 39.3 Å². The second kappa shape index (κ2) is 9.68. The molecule has 0 spiro atoms. The first-order chi connectivity index (χ1) is 10.7. The monoisotopic (exact) mass is 375 g/mol. The van der Waals surface area contributed by atoms with E-state index in [9.17, 15) is 9.18 Å². The van der Waals surface area contributed by atoms with Crippen LogP contribution in [-0.4, -0.2) is 60.0 Å². The van der Waals surface area contributed by atoms with Crippen LogP contribution in [0.1, 0.15) is 10.4 Å². The van der Waals surface area contributed by atoms with Gasteiger partial charge in [-0.3, -0.25) is 19.7 Å². The van der Waals surface area contributed by atoms with Crippen LogP contribution in [0.4, 0.5) is 4.39 Å². The molecule has 1 aliphatic heterocycles. The highest BCUT2D eigenvalue weighted by Gasteiger charge is 2.14. The average Bonchev–Trinajstić information content (AvgIpc) is 2.55. The summed E-state index contributed by atoms with van der Waals surface area (Å²) in [6, 6.07) is 2.48. The van der Waals surface area contributed by atoms with Gasteiger partial charge in [0.2, 0.25) is 0 Å². The summed E-state index contributed by atoms with van der Waals surface area (Å²) in [6.45, 7) is 5.20. The van der Waals surface area contributed by atoms with Crippen LogP contribution in [-0.2, 0) is 0 Å². The second-order valence-electron chi connectivity index (χ2n) is 5.22. The van der Waals surface area contributed by atoms with Crippen LogP contribution in [0, 0.1) is 5.82 Å². The summed E-state index contributed by atoms with van der Waals surface area (Å²) in [7, 11) is 0. The molecule has 24 heavy (non-hydrogen) atoms. The van der Waals surface area contributed by atoms with Crippen LogP contribution in [0.15, 0.2) is 24.5 Å². The molecule has 6 nitrogen and oxygen atoms in total. The van der Waals surface area contributed by atoms with E-state index >= 15 is 0 Å². The summed E-state index contributed by atoms with van der Waals surface area (Å²) >= 11 is 0. The molecule has 0 radical (unpaired) electrons. The van der Waals surface area contributed by atoms with E-state index in [0.29, 0.717) is 17.6 Å². The van der Waals surface area contributed by atoms with E-state index in [4.69, 9.17) is 0 Å². The number of hydrogen-bond acceptors (Lipinski definition) is 5. The Kier molecular flexibility index (Phi) is 8.27. The molecule has 0 saturated carbocycles. The first kappa shape index (κ1) is 20.5. The quantitative estimate of drug-likeness (QED) is 0.841. The maximum absolute atomic E-state index is 13.6. The van der Waals surface area contributed by atoms with E-state index in [1.807, 2.05) is 0 Å². The van der Waals surface area contributed by atoms with Crippen molar-refractivity contribution >= 4 is 41.8 Å². The molecule has 9 heteroatoms. The molecule has 0 bridgehead atoms. The molecular formula is C15H20Cl2FN5O. The molecule has 2 N–H and O–H groups in total. The number of amides is 1. The average molecular weight is 376 g/mol. The number of piperazine rings is 1. The Balaban J connectivity index is 0.00000144. The van der Waals surface area contributed by atoms with Crippen LogP contribution in [0.25, 0.3) is 11.0 Å². The number of aromatic nitrogens is 2. The lowest BCUT2D eigenvalue weighted by Crippen LogP contribution is -2.46. The number of fused-ring (bicyclic) bond motifs is 1. The zero-order valence-corrected chi connectivity index (χ0v) is 14.6. The van der Waals surface area contributed by atoms with Gasteiger partial charge in [0, 0.05) is 57.7 Å². The van der Waals surface area contributed by atoms with Crippen molar-refractivity contribution in [3.63, 3.8) is 0 Å². The number of hydrogen-bond donors (Lipinski definition) is 2. The second-order valence-corrected chi connectivity index (χ2v) is 5.22. The highest BCUT2D eigenvalue weighted by molar-refractivity contribution is 6.04. The molecule has 1 fully saturated rings. The molecule has 1 aromatic heterocycles. The predicted octanol–water partition coefficient (Wildman–Crippen LogP) is 1.25. The minimum atomic E-state index is -0.486. The van der Waals surface area contributed by atoms with Gasteiger partial charge in [-0.1, -0.05) is 0 Å². The molecule has 0 aliphatic carbocycles. The fourth-order valence-electron chi connectivity index (χ4n) is 2.57. The number of carbonyl (C=O) groups is 1. The molecule has 1 aliphatic rings. The molecule has 1 saturated heterocycles. The summed E-state index contributed by atoms with van der Waals surface area (Å²) in [5.41, 5.74) is 1.03. The SMILES string of the molecule is Cl.Cl.O=C(NCCN1CCNCC1)c1cc(F)cc2nccnc12. The Bertz CT molecular complexity index is 682. The van der Waals surface area contributed by atoms with Crippen LogP contribution in [0.2, 0.25) is 0 Å². The molecule has 0 unspecified atom stereocenters. The first-order valence-corrected chi connectivity index (χ1v) is 7.35. The number of carbonyl (C=O) groups excluding carboxylic acids is 1. The summed E-state index contributed by atoms with van der Waals surface area (Å²) in [5.74, 6) is -0.805. The van der Waals surface area contributed by atoms with Crippen molar-refractivity contribution in [1.82, 2.24) is 25.5 Å². The molecular weight excluding hydrogens is 356 g/mol. The van der Waals surface area contributed by atoms with Gasteiger partial charge in [-0.2, -0.15) is 0 Å². The highest BCUT2D eigenvalue weighted by Crippen LogP contribution is 2.16. The lowest BCUT2D eigenvalue weighted by molar-refractivity contribution is 0.0948. The zero-order valence-electron chi connectivity index (χ0n) is 13.0. The van der Waals surface area contributed by atoms with Gasteiger partial charge in [-0.05, 0) is 6.07 Å². The Morgan fingerprint density at radius 1 is 1.21 bits per heavy atom. The summed E-state index contributed by atoms with van der Waals surface area (Å²) in [4.78, 5) is 22.7. The molecule has 3 rings (SSSR count). The standard InChI is InChI=1S/C15H18FN5O.2ClH/c16-11-9-12(14-13(10-11)18-1-2-19-14)15(22)20-5-8-21-6-3-17-4-7-21;;/h1-2,9-10,17H,3-8H2,(H,20,22);2*1H. The van der Waals surface area contributed by atoms with Gasteiger partial charge in [0.1, 0.15) is 11.3 Å². The van der Waals surface area contributed by atoms with Crippen LogP contribution >= 0.6 is 24.8 Å². The summed E-state index contributed by atoms with van der Waals surface area (Å²) < 4.78 is 13.6. The van der Waals surface area contributed by atoms with E-state index in [2.05, 4.69) is 25.5 Å². The fourth-order valence-corrected chi connectivity index (χ4v) is 2.57. The maximum atomic E-state index is 13.6. The van der Waals surface area contributed by atoms with Gasteiger partial charge in [0.05, 0.1) is 11.1 Å². The van der Waals surface area contributed by atoms with Crippen molar-refractivity contribution in [1.29, 1.82) is 0 Å². The Labute approximate surface area is 152 Å². The molecule has 1 amide bonds. The van der Waals surface area contributed by atoms with Crippen LogP contribution in [0.3, 0.4) is 0 Å². The highest BCUT2D eigenvalue weighted by atomic mass is 35.5. The normalized spacial score (nSPS) is 14.5. The molecule has 132 valence electrons. The maximum Gasteiger partial charge on any atom is 0.253 e. The van der Waals surface area contributed by atoms with Crippen LogP contribution in [0.5, 0.6) is 0 Å². The lowest BCUT2D eigenvalue weighted by Gasteiger charge is -2.27. The molecule has 2 heterocycles. The minimum absolute atomic E-state index is 0. The number of benzene rings is 1. The Morgan fingerprint density at radius 3 is 2.67 bits per heavy atom. The molecule has 1 aromatic carbocycles. The number of nitrogens with zero attached hydrogens (tertiary/aromatic N) is 3. The molecule has 2 aromatic rings. The van der Waals surface area contributed by atoms with E-state index in [1.165, 1.54) is 24.5 Å². The first-order valence-electron chi connectivity index (χ1n) is 7.35.